The van der Waals surface area contributed by atoms with Crippen molar-refractivity contribution in [2.24, 2.45) is 7.05 Å². The molecule has 0 amide bonds. The van der Waals surface area contributed by atoms with Gasteiger partial charge in [0.15, 0.2) is 0 Å². The fourth-order valence-electron chi connectivity index (χ4n) is 2.09. The maximum Gasteiger partial charge on any atom is 0.224 e. The minimum Gasteiger partial charge on any atom is -0.357 e. The molecule has 0 bridgehead atoms. The average Bonchev–Trinajstić information content (AvgIpc) is 2.72. The Morgan fingerprint density at radius 2 is 2.29 bits per heavy atom. The average molecular weight is 195 g/mol. The molecule has 2 rings (SSSR count). The van der Waals surface area contributed by atoms with Crippen molar-refractivity contribution in [3.8, 4) is 0 Å². The van der Waals surface area contributed by atoms with Crippen LogP contribution in [0.2, 0.25) is 0 Å². The first-order valence-electron chi connectivity index (χ1n) is 5.04. The lowest BCUT2D eigenvalue weighted by atomic mass is 10.0. The Balaban J connectivity index is 2.27. The molecule has 78 valence electrons. The van der Waals surface area contributed by atoms with E-state index in [9.17, 15) is 0 Å². The highest BCUT2D eigenvalue weighted by atomic mass is 15.3. The molecule has 0 aliphatic carbocycles. The van der Waals surface area contributed by atoms with Gasteiger partial charge >= 0.3 is 0 Å². The SMILES string of the molecule is CNc1nnc(C2CCNC2C)n1C. The van der Waals surface area contributed by atoms with Crippen LogP contribution in [0.4, 0.5) is 5.95 Å². The summed E-state index contributed by atoms with van der Waals surface area (Å²) in [5.74, 6) is 2.40. The van der Waals surface area contributed by atoms with Gasteiger partial charge in [0.1, 0.15) is 5.82 Å². The number of rotatable bonds is 2. The second kappa shape index (κ2) is 3.57. The third-order valence-corrected chi connectivity index (χ3v) is 2.99. The molecule has 2 atom stereocenters. The number of hydrogen-bond donors (Lipinski definition) is 2. The van der Waals surface area contributed by atoms with E-state index in [2.05, 4.69) is 27.8 Å². The summed E-state index contributed by atoms with van der Waals surface area (Å²) in [6, 6.07) is 0.502. The highest BCUT2D eigenvalue weighted by Crippen LogP contribution is 2.26. The van der Waals surface area contributed by atoms with Gasteiger partial charge in [-0.05, 0) is 19.9 Å². The van der Waals surface area contributed by atoms with Crippen molar-refractivity contribution in [2.45, 2.75) is 25.3 Å². The van der Waals surface area contributed by atoms with Gasteiger partial charge in [-0.15, -0.1) is 10.2 Å². The fraction of sp³-hybridized carbons (Fsp3) is 0.778. The summed E-state index contributed by atoms with van der Waals surface area (Å²) >= 11 is 0. The van der Waals surface area contributed by atoms with E-state index in [1.807, 2.05) is 18.7 Å². The van der Waals surface area contributed by atoms with Crippen molar-refractivity contribution >= 4 is 5.95 Å². The second-order valence-corrected chi connectivity index (χ2v) is 3.83. The second-order valence-electron chi connectivity index (χ2n) is 3.83. The molecule has 5 heteroatoms. The van der Waals surface area contributed by atoms with Gasteiger partial charge in [-0.1, -0.05) is 0 Å². The molecule has 0 radical (unpaired) electrons. The third kappa shape index (κ3) is 1.37. The van der Waals surface area contributed by atoms with Gasteiger partial charge in [-0.2, -0.15) is 0 Å². The van der Waals surface area contributed by atoms with Crippen LogP contribution in [0.15, 0.2) is 0 Å². The number of nitrogens with zero attached hydrogens (tertiary/aromatic N) is 3. The van der Waals surface area contributed by atoms with Gasteiger partial charge in [0.25, 0.3) is 0 Å². The summed E-state index contributed by atoms with van der Waals surface area (Å²) in [6.45, 7) is 3.28. The summed E-state index contributed by atoms with van der Waals surface area (Å²) in [6.07, 6.45) is 1.15. The largest absolute Gasteiger partial charge is 0.357 e. The zero-order valence-corrected chi connectivity index (χ0v) is 8.91. The van der Waals surface area contributed by atoms with Gasteiger partial charge in [0, 0.05) is 26.1 Å². The van der Waals surface area contributed by atoms with Crippen LogP contribution in [0.3, 0.4) is 0 Å². The normalized spacial score (nSPS) is 26.8. The number of anilines is 1. The smallest absolute Gasteiger partial charge is 0.224 e. The molecule has 14 heavy (non-hydrogen) atoms. The standard InChI is InChI=1S/C9H17N5/c1-6-7(4-5-11-6)8-12-13-9(10-2)14(8)3/h6-7,11H,4-5H2,1-3H3,(H,10,13). The Kier molecular flexibility index (Phi) is 2.41. The van der Waals surface area contributed by atoms with E-state index in [0.717, 1.165) is 24.7 Å². The predicted molar refractivity (Wildman–Crippen MR) is 55.4 cm³/mol. The molecule has 5 nitrogen and oxygen atoms in total. The minimum atomic E-state index is 0.495. The number of hydrogen-bond acceptors (Lipinski definition) is 4. The van der Waals surface area contributed by atoms with Gasteiger partial charge in [-0.3, -0.25) is 0 Å². The topological polar surface area (TPSA) is 54.8 Å². The molecule has 0 aromatic carbocycles. The lowest BCUT2D eigenvalue weighted by molar-refractivity contribution is 0.550. The molecule has 2 N–H and O–H groups in total. The van der Waals surface area contributed by atoms with Crippen LogP contribution >= 0.6 is 0 Å². The molecule has 2 unspecified atom stereocenters. The van der Waals surface area contributed by atoms with E-state index in [1.165, 1.54) is 0 Å². The predicted octanol–water partition coefficient (Wildman–Crippen LogP) is 0.322. The summed E-state index contributed by atoms with van der Waals surface area (Å²) in [5.41, 5.74) is 0. The highest BCUT2D eigenvalue weighted by Gasteiger charge is 2.28. The summed E-state index contributed by atoms with van der Waals surface area (Å²) < 4.78 is 2.04. The van der Waals surface area contributed by atoms with E-state index < -0.39 is 0 Å². The van der Waals surface area contributed by atoms with Crippen molar-refractivity contribution in [1.82, 2.24) is 20.1 Å². The molecule has 1 saturated heterocycles. The van der Waals surface area contributed by atoms with Crippen molar-refractivity contribution in [1.29, 1.82) is 0 Å². The van der Waals surface area contributed by atoms with E-state index in [1.54, 1.807) is 0 Å². The Hall–Kier alpha value is -1.10. The first kappa shape index (κ1) is 9.45. The van der Waals surface area contributed by atoms with E-state index in [-0.39, 0.29) is 0 Å². The van der Waals surface area contributed by atoms with Crippen LogP contribution in [0, 0.1) is 0 Å². The van der Waals surface area contributed by atoms with Gasteiger partial charge in [0.05, 0.1) is 0 Å². The number of aromatic nitrogens is 3. The molecular formula is C9H17N5. The molecule has 1 fully saturated rings. The van der Waals surface area contributed by atoms with Crippen molar-refractivity contribution in [3.05, 3.63) is 5.82 Å². The maximum atomic E-state index is 4.23. The van der Waals surface area contributed by atoms with Crippen LogP contribution in [0.1, 0.15) is 25.1 Å². The fourth-order valence-corrected chi connectivity index (χ4v) is 2.09. The van der Waals surface area contributed by atoms with E-state index in [0.29, 0.717) is 12.0 Å². The van der Waals surface area contributed by atoms with Crippen LogP contribution in [0.5, 0.6) is 0 Å². The number of nitrogens with one attached hydrogen (secondary N) is 2. The molecule has 1 aromatic heterocycles. The van der Waals surface area contributed by atoms with Crippen LogP contribution in [-0.4, -0.2) is 34.4 Å². The van der Waals surface area contributed by atoms with Crippen molar-refractivity contribution < 1.29 is 0 Å². The first-order chi connectivity index (χ1) is 6.74. The Morgan fingerprint density at radius 3 is 2.79 bits per heavy atom. The minimum absolute atomic E-state index is 0.495. The first-order valence-corrected chi connectivity index (χ1v) is 5.04. The lowest BCUT2D eigenvalue weighted by Crippen LogP contribution is -2.23. The molecular weight excluding hydrogens is 178 g/mol. The molecule has 1 aliphatic heterocycles. The molecule has 0 spiro atoms. The Morgan fingerprint density at radius 1 is 1.50 bits per heavy atom. The third-order valence-electron chi connectivity index (χ3n) is 2.99. The van der Waals surface area contributed by atoms with Gasteiger partial charge in [0.2, 0.25) is 5.95 Å². The van der Waals surface area contributed by atoms with Crippen molar-refractivity contribution in [3.63, 3.8) is 0 Å². The maximum absolute atomic E-state index is 4.23. The summed E-state index contributed by atoms with van der Waals surface area (Å²) in [7, 11) is 3.87. The van der Waals surface area contributed by atoms with Crippen molar-refractivity contribution in [2.75, 3.05) is 18.9 Å². The molecule has 2 heterocycles. The quantitative estimate of drug-likeness (QED) is 0.713. The molecule has 1 aromatic rings. The van der Waals surface area contributed by atoms with Gasteiger partial charge < -0.3 is 15.2 Å². The van der Waals surface area contributed by atoms with Crippen LogP contribution < -0.4 is 10.6 Å². The molecule has 1 aliphatic rings. The Labute approximate surface area is 83.9 Å². The van der Waals surface area contributed by atoms with E-state index >= 15 is 0 Å². The van der Waals surface area contributed by atoms with Crippen LogP contribution in [-0.2, 0) is 7.05 Å². The monoisotopic (exact) mass is 195 g/mol. The zero-order chi connectivity index (χ0) is 10.1. The zero-order valence-electron chi connectivity index (χ0n) is 8.91. The Bertz CT molecular complexity index is 319. The van der Waals surface area contributed by atoms with Gasteiger partial charge in [-0.25, -0.2) is 0 Å². The summed E-state index contributed by atoms with van der Waals surface area (Å²) in [5, 5.41) is 14.8. The lowest BCUT2D eigenvalue weighted by Gasteiger charge is -2.13. The summed E-state index contributed by atoms with van der Waals surface area (Å²) in [4.78, 5) is 0. The highest BCUT2D eigenvalue weighted by molar-refractivity contribution is 5.25. The van der Waals surface area contributed by atoms with Crippen LogP contribution in [0.25, 0.3) is 0 Å². The molecule has 0 saturated carbocycles. The van der Waals surface area contributed by atoms with E-state index in [4.69, 9.17) is 0 Å².